The zero-order valence-corrected chi connectivity index (χ0v) is 12.2. The highest BCUT2D eigenvalue weighted by molar-refractivity contribution is 5.58. The monoisotopic (exact) mass is 288 g/mol. The first-order valence-electron chi connectivity index (χ1n) is 7.20. The highest BCUT2D eigenvalue weighted by Crippen LogP contribution is 2.19. The molecule has 0 aliphatic carbocycles. The lowest BCUT2D eigenvalue weighted by Crippen LogP contribution is -2.38. The third-order valence-electron chi connectivity index (χ3n) is 3.67. The Bertz CT molecular complexity index is 561. The Kier molecular flexibility index (Phi) is 4.47. The first-order chi connectivity index (χ1) is 10.3. The zero-order valence-electron chi connectivity index (χ0n) is 12.2. The van der Waals surface area contributed by atoms with Gasteiger partial charge in [-0.2, -0.15) is 0 Å². The molecule has 1 aromatic carbocycles. The largest absolute Gasteiger partial charge is 0.497 e. The molecule has 0 unspecified atom stereocenters. The molecule has 112 valence electrons. The van der Waals surface area contributed by atoms with Crippen LogP contribution in [0, 0.1) is 0 Å². The highest BCUT2D eigenvalue weighted by Gasteiger charge is 2.10. The van der Waals surface area contributed by atoms with Crippen molar-refractivity contribution in [2.45, 2.75) is 6.54 Å². The fourth-order valence-electron chi connectivity index (χ4n) is 2.37. The van der Waals surface area contributed by atoms with Gasteiger partial charge in [-0.15, -0.1) is 5.10 Å². The Morgan fingerprint density at radius 1 is 1.14 bits per heavy atom. The van der Waals surface area contributed by atoms with Gasteiger partial charge in [0, 0.05) is 25.2 Å². The van der Waals surface area contributed by atoms with Crippen LogP contribution in [0.3, 0.4) is 0 Å². The summed E-state index contributed by atoms with van der Waals surface area (Å²) < 4.78 is 12.4. The molecule has 0 spiro atoms. The quantitative estimate of drug-likeness (QED) is 0.829. The molecule has 1 aliphatic rings. The number of hydrogen-bond acceptors (Lipinski definition) is 5. The van der Waals surface area contributed by atoms with Crippen molar-refractivity contribution in [1.29, 1.82) is 0 Å². The van der Waals surface area contributed by atoms with E-state index in [2.05, 4.69) is 15.2 Å². The van der Waals surface area contributed by atoms with E-state index in [-0.39, 0.29) is 0 Å². The van der Waals surface area contributed by atoms with E-state index >= 15 is 0 Å². The Morgan fingerprint density at radius 2 is 1.90 bits per heavy atom. The number of ether oxygens (including phenoxy) is 2. The minimum absolute atomic E-state index is 0.828. The second-order valence-corrected chi connectivity index (χ2v) is 5.05. The lowest BCUT2D eigenvalue weighted by molar-refractivity contribution is 0.0359. The van der Waals surface area contributed by atoms with Gasteiger partial charge in [-0.05, 0) is 24.3 Å². The number of rotatable bonds is 5. The summed E-state index contributed by atoms with van der Waals surface area (Å²) in [5.41, 5.74) is 1.94. The van der Waals surface area contributed by atoms with Crippen LogP contribution >= 0.6 is 0 Å². The molecule has 21 heavy (non-hydrogen) atoms. The third kappa shape index (κ3) is 3.59. The summed E-state index contributed by atoms with van der Waals surface area (Å²) in [5.74, 6) is 0.846. The van der Waals surface area contributed by atoms with Gasteiger partial charge < -0.3 is 9.47 Å². The number of nitrogens with zero attached hydrogens (tertiary/aromatic N) is 4. The third-order valence-corrected chi connectivity index (χ3v) is 3.67. The Balaban J connectivity index is 1.59. The Morgan fingerprint density at radius 3 is 2.62 bits per heavy atom. The van der Waals surface area contributed by atoms with Crippen molar-refractivity contribution in [2.24, 2.45) is 0 Å². The zero-order chi connectivity index (χ0) is 14.5. The molecular weight excluding hydrogens is 268 g/mol. The first-order valence-corrected chi connectivity index (χ1v) is 7.20. The van der Waals surface area contributed by atoms with Crippen LogP contribution in [0.4, 0.5) is 0 Å². The fourth-order valence-corrected chi connectivity index (χ4v) is 2.37. The molecule has 1 fully saturated rings. The molecule has 0 radical (unpaired) electrons. The van der Waals surface area contributed by atoms with Crippen molar-refractivity contribution in [3.8, 4) is 17.0 Å². The second-order valence-electron chi connectivity index (χ2n) is 5.05. The Hall–Kier alpha value is -1.92. The van der Waals surface area contributed by atoms with Gasteiger partial charge in [0.15, 0.2) is 0 Å². The van der Waals surface area contributed by atoms with E-state index in [1.807, 2.05) is 35.1 Å². The molecule has 0 bridgehead atoms. The topological polar surface area (TPSA) is 52.4 Å². The van der Waals surface area contributed by atoms with Crippen LogP contribution in [0.2, 0.25) is 0 Å². The Labute approximate surface area is 124 Å². The number of morpholine rings is 1. The summed E-state index contributed by atoms with van der Waals surface area (Å²) in [7, 11) is 1.66. The molecule has 2 aromatic rings. The van der Waals surface area contributed by atoms with Crippen LogP contribution in [-0.2, 0) is 11.3 Å². The molecule has 1 aromatic heterocycles. The van der Waals surface area contributed by atoms with Crippen molar-refractivity contribution in [1.82, 2.24) is 19.9 Å². The predicted octanol–water partition coefficient (Wildman–Crippen LogP) is 1.29. The second kappa shape index (κ2) is 6.69. The molecule has 0 saturated carbocycles. The van der Waals surface area contributed by atoms with Crippen LogP contribution in [-0.4, -0.2) is 59.9 Å². The van der Waals surface area contributed by atoms with Crippen LogP contribution in [0.25, 0.3) is 11.3 Å². The fraction of sp³-hybridized carbons (Fsp3) is 0.467. The van der Waals surface area contributed by atoms with Crippen molar-refractivity contribution in [2.75, 3.05) is 40.0 Å². The van der Waals surface area contributed by atoms with E-state index in [0.29, 0.717) is 0 Å². The van der Waals surface area contributed by atoms with Crippen LogP contribution in [0.15, 0.2) is 30.5 Å². The van der Waals surface area contributed by atoms with Crippen molar-refractivity contribution in [3.63, 3.8) is 0 Å². The molecular formula is C15H20N4O2. The SMILES string of the molecule is COc1ccc(-c2cn(CCN3CCOCC3)nn2)cc1. The summed E-state index contributed by atoms with van der Waals surface area (Å²) in [6.45, 7) is 5.49. The summed E-state index contributed by atoms with van der Waals surface area (Å²) in [6.07, 6.45) is 1.99. The number of aromatic nitrogens is 3. The molecule has 6 heteroatoms. The van der Waals surface area contributed by atoms with Gasteiger partial charge in [0.25, 0.3) is 0 Å². The average Bonchev–Trinajstić information content (AvgIpc) is 3.03. The number of hydrogen-bond donors (Lipinski definition) is 0. The maximum absolute atomic E-state index is 5.35. The van der Waals surface area contributed by atoms with Gasteiger partial charge in [-0.25, -0.2) is 0 Å². The van der Waals surface area contributed by atoms with Crippen molar-refractivity contribution >= 4 is 0 Å². The van der Waals surface area contributed by atoms with Gasteiger partial charge in [0.1, 0.15) is 11.4 Å². The molecule has 3 rings (SSSR count). The van der Waals surface area contributed by atoms with Gasteiger partial charge in [0.2, 0.25) is 0 Å². The molecule has 0 amide bonds. The lowest BCUT2D eigenvalue weighted by atomic mass is 10.2. The lowest BCUT2D eigenvalue weighted by Gasteiger charge is -2.26. The minimum atomic E-state index is 0.828. The number of methoxy groups -OCH3 is 1. The summed E-state index contributed by atoms with van der Waals surface area (Å²) >= 11 is 0. The molecule has 2 heterocycles. The summed E-state index contributed by atoms with van der Waals surface area (Å²) in [4.78, 5) is 2.39. The van der Waals surface area contributed by atoms with Crippen LogP contribution in [0.5, 0.6) is 5.75 Å². The van der Waals surface area contributed by atoms with E-state index in [0.717, 1.165) is 56.4 Å². The maximum Gasteiger partial charge on any atom is 0.118 e. The van der Waals surface area contributed by atoms with Crippen LogP contribution < -0.4 is 4.74 Å². The summed E-state index contributed by atoms with van der Waals surface area (Å²) in [5, 5.41) is 8.43. The molecule has 6 nitrogen and oxygen atoms in total. The minimum Gasteiger partial charge on any atom is -0.497 e. The molecule has 0 N–H and O–H groups in total. The normalized spacial score (nSPS) is 16.0. The molecule has 1 saturated heterocycles. The standard InChI is InChI=1S/C15H20N4O2/c1-20-14-4-2-13(3-5-14)15-12-19(17-16-15)7-6-18-8-10-21-11-9-18/h2-5,12H,6-11H2,1H3. The van der Waals surface area contributed by atoms with Crippen LogP contribution in [0.1, 0.15) is 0 Å². The van der Waals surface area contributed by atoms with E-state index in [9.17, 15) is 0 Å². The first kappa shape index (κ1) is 14.0. The van der Waals surface area contributed by atoms with Crippen molar-refractivity contribution < 1.29 is 9.47 Å². The summed E-state index contributed by atoms with van der Waals surface area (Å²) in [6, 6.07) is 7.86. The molecule has 0 atom stereocenters. The molecule has 1 aliphatic heterocycles. The average molecular weight is 288 g/mol. The number of benzene rings is 1. The van der Waals surface area contributed by atoms with E-state index in [1.165, 1.54) is 0 Å². The van der Waals surface area contributed by atoms with Crippen molar-refractivity contribution in [3.05, 3.63) is 30.5 Å². The van der Waals surface area contributed by atoms with E-state index in [4.69, 9.17) is 9.47 Å². The highest BCUT2D eigenvalue weighted by atomic mass is 16.5. The smallest absolute Gasteiger partial charge is 0.118 e. The van der Waals surface area contributed by atoms with Gasteiger partial charge in [-0.3, -0.25) is 9.58 Å². The van der Waals surface area contributed by atoms with E-state index < -0.39 is 0 Å². The van der Waals surface area contributed by atoms with Gasteiger partial charge in [0.05, 0.1) is 33.1 Å². The van der Waals surface area contributed by atoms with Gasteiger partial charge >= 0.3 is 0 Å². The maximum atomic E-state index is 5.35. The predicted molar refractivity (Wildman–Crippen MR) is 79.3 cm³/mol. The van der Waals surface area contributed by atoms with Gasteiger partial charge in [-0.1, -0.05) is 5.21 Å². The van der Waals surface area contributed by atoms with E-state index in [1.54, 1.807) is 7.11 Å².